The summed E-state index contributed by atoms with van der Waals surface area (Å²) in [7, 11) is 0. The molecule has 99 heavy (non-hydrogen) atoms. The maximum absolute atomic E-state index is 15.1. The van der Waals surface area contributed by atoms with Crippen molar-refractivity contribution in [3.05, 3.63) is 226 Å². The summed E-state index contributed by atoms with van der Waals surface area (Å²) in [5, 5.41) is 2.27. The third-order valence-electron chi connectivity index (χ3n) is 15.6. The van der Waals surface area contributed by atoms with E-state index in [1.54, 1.807) is 30.3 Å². The van der Waals surface area contributed by atoms with Crippen molar-refractivity contribution in [3.8, 4) is 22.6 Å². The Bertz CT molecular complexity index is 4060. The van der Waals surface area contributed by atoms with E-state index in [2.05, 4.69) is 5.32 Å². The number of esters is 8. The van der Waals surface area contributed by atoms with Crippen LogP contribution in [0.15, 0.2) is 164 Å². The third-order valence-corrected chi connectivity index (χ3v) is 15.6. The van der Waals surface area contributed by atoms with Crippen LogP contribution in [0.4, 0.5) is 26.7 Å². The van der Waals surface area contributed by atoms with Gasteiger partial charge in [-0.1, -0.05) is 115 Å². The molecule has 0 unspecified atom stereocenters. The Morgan fingerprint density at radius 1 is 0.424 bits per heavy atom. The van der Waals surface area contributed by atoms with Gasteiger partial charge >= 0.3 is 53.8 Å². The van der Waals surface area contributed by atoms with Crippen LogP contribution in [-0.2, 0) is 82.5 Å². The van der Waals surface area contributed by atoms with Gasteiger partial charge < -0.3 is 66.9 Å². The molecule has 11 atom stereocenters. The van der Waals surface area contributed by atoms with Gasteiger partial charge in [0.05, 0.1) is 16.7 Å². The quantitative estimate of drug-likeness (QED) is 0.0156. The molecule has 2 saturated heterocycles. The van der Waals surface area contributed by atoms with Crippen molar-refractivity contribution in [2.75, 3.05) is 19.8 Å². The van der Waals surface area contributed by atoms with E-state index in [0.717, 1.165) is 49.9 Å². The molecule has 0 spiro atoms. The number of benzene rings is 7. The highest BCUT2D eigenvalue weighted by molar-refractivity contribution is 5.91. The lowest BCUT2D eigenvalue weighted by molar-refractivity contribution is -0.352. The molecule has 28 heteroatoms. The van der Waals surface area contributed by atoms with Gasteiger partial charge in [-0.3, -0.25) is 19.2 Å². The van der Waals surface area contributed by atoms with Crippen LogP contribution in [0, 0.1) is 29.1 Å². The highest BCUT2D eigenvalue weighted by Crippen LogP contribution is 2.45. The first-order valence-electron chi connectivity index (χ1n) is 30.5. The molecule has 1 amide bonds. The van der Waals surface area contributed by atoms with Gasteiger partial charge in [0.2, 0.25) is 47.2 Å². The number of fused-ring (bicyclic) bond motifs is 3. The molecule has 2 aliphatic heterocycles. The lowest BCUT2D eigenvalue weighted by Gasteiger charge is -2.48. The molecule has 0 bridgehead atoms. The molecular formula is C71H60F5NO22. The molecule has 0 aromatic heterocycles. The van der Waals surface area contributed by atoms with E-state index >= 15 is 8.78 Å². The van der Waals surface area contributed by atoms with Crippen molar-refractivity contribution in [1.82, 2.24) is 5.32 Å². The van der Waals surface area contributed by atoms with E-state index < -0.39 is 182 Å². The normalized spacial score (nSPS) is 21.0. The van der Waals surface area contributed by atoms with E-state index in [0.29, 0.717) is 0 Å². The second kappa shape index (κ2) is 31.8. The molecular weight excluding hydrogens is 1310 g/mol. The average molecular weight is 1370 g/mol. The molecule has 2 heterocycles. The number of hydrogen-bond acceptors (Lipinski definition) is 22. The first-order chi connectivity index (χ1) is 47.5. The Kier molecular flexibility index (Phi) is 22.7. The molecule has 0 saturated carbocycles. The number of carbonyl (C=O) groups is 9. The van der Waals surface area contributed by atoms with Crippen LogP contribution in [0.3, 0.4) is 0 Å². The number of rotatable bonds is 23. The number of hydrogen-bond donors (Lipinski definition) is 1. The van der Waals surface area contributed by atoms with Crippen LogP contribution in [0.2, 0.25) is 0 Å². The number of carbonyl (C=O) groups excluding carboxylic acids is 9. The molecule has 7 aromatic rings. The third kappa shape index (κ3) is 17.0. The first-order valence-corrected chi connectivity index (χ1v) is 30.5. The van der Waals surface area contributed by atoms with Gasteiger partial charge in [-0.15, -0.1) is 0 Å². The fraction of sp³-hybridized carbons (Fsp3) is 0.282. The van der Waals surface area contributed by atoms with Gasteiger partial charge in [-0.2, -0.15) is 8.78 Å². The predicted octanol–water partition coefficient (Wildman–Crippen LogP) is 9.32. The Morgan fingerprint density at radius 2 is 0.859 bits per heavy atom. The average Bonchev–Trinajstić information content (AvgIpc) is 1.69. The standard InChI is InChI=1S/C71H60F5NO22/c1-36(78)87-34-51-58(90-37(2)79)61(91-38(3)80)63(92-39(4)81)70(95-51)99-59-52(35-88-65(82)41-18-8-5-9-19-41)94-69(64(98-67(84)43-22-12-7-13-23-43)62(59)97-66(83)42-20-10-6-11-21-42)93-44-30-28-40(29-31-44)32-50(68(85)96-60-56(75)54(73)53(72)55(74)57(60)76)77-71(86)89-33-49-47-26-16-14-24-45(47)46-25-15-17-27-48(46)49/h5-31,49-52,58-59,61-64,69-70H,32-35H2,1-4H3,(H,77,86)/t50-,51-,52-,58-,59-,61+,62+,63+,64+,69+,70-/m1/s1. The topological polar surface area (TPSA) is 286 Å². The minimum absolute atomic E-state index is 0.0292. The molecule has 1 N–H and O–H groups in total. The van der Waals surface area contributed by atoms with Crippen molar-refractivity contribution in [1.29, 1.82) is 0 Å². The van der Waals surface area contributed by atoms with Crippen LogP contribution in [0.1, 0.15) is 81.4 Å². The van der Waals surface area contributed by atoms with E-state index in [1.807, 2.05) is 36.4 Å². The van der Waals surface area contributed by atoms with E-state index in [9.17, 15) is 56.3 Å². The van der Waals surface area contributed by atoms with Crippen LogP contribution < -0.4 is 14.8 Å². The lowest BCUT2D eigenvalue weighted by Crippen LogP contribution is -2.67. The van der Waals surface area contributed by atoms with Crippen molar-refractivity contribution < 1.29 is 127 Å². The monoisotopic (exact) mass is 1370 g/mol. The highest BCUT2D eigenvalue weighted by Gasteiger charge is 2.58. The van der Waals surface area contributed by atoms with E-state index in [-0.39, 0.29) is 34.6 Å². The number of halogens is 5. The van der Waals surface area contributed by atoms with Gasteiger partial charge in [0.15, 0.2) is 30.7 Å². The maximum Gasteiger partial charge on any atom is 0.407 e. The van der Waals surface area contributed by atoms with Crippen molar-refractivity contribution >= 4 is 53.8 Å². The fourth-order valence-corrected chi connectivity index (χ4v) is 11.2. The van der Waals surface area contributed by atoms with Gasteiger partial charge in [-0.25, -0.2) is 37.1 Å². The number of ether oxygens (including phenoxy) is 13. The first kappa shape index (κ1) is 70.7. The predicted molar refractivity (Wildman–Crippen MR) is 328 cm³/mol. The number of alkyl carbamates (subject to hydrolysis) is 1. The number of nitrogens with one attached hydrogen (secondary N) is 1. The molecule has 516 valence electrons. The van der Waals surface area contributed by atoms with Crippen molar-refractivity contribution in [3.63, 3.8) is 0 Å². The Hall–Kier alpha value is -11.1. The summed E-state index contributed by atoms with van der Waals surface area (Å²) in [6.45, 7) is 2.09. The molecule has 2 fully saturated rings. The van der Waals surface area contributed by atoms with Crippen LogP contribution >= 0.6 is 0 Å². The Labute approximate surface area is 560 Å². The molecule has 23 nitrogen and oxygen atoms in total. The minimum atomic E-state index is -2.54. The Balaban J connectivity index is 1.02. The van der Waals surface area contributed by atoms with E-state index in [4.69, 9.17) is 61.6 Å². The van der Waals surface area contributed by atoms with Crippen LogP contribution in [-0.4, -0.2) is 141 Å². The van der Waals surface area contributed by atoms with Gasteiger partial charge in [0, 0.05) is 40.0 Å². The SMILES string of the molecule is CC(=O)OC[C@H]1O[C@H](O[C@H]2[C@H](OC(=O)c3ccccc3)[C@H](OC(=O)c3ccccc3)[C@@H](Oc3ccc(C[C@@H](NC(=O)OCC4c5ccccc5-c5ccccc54)C(=O)Oc4c(F)c(F)c(F)c(F)c4F)cc3)O[C@@H]2COC(=O)c2ccccc2)[C@@H](OC(C)=O)[C@@H](OC(C)=O)[C@@H]1OC(C)=O. The molecule has 7 aromatic carbocycles. The summed E-state index contributed by atoms with van der Waals surface area (Å²) < 4.78 is 150. The summed E-state index contributed by atoms with van der Waals surface area (Å²) in [5.41, 5.74) is 3.28. The molecule has 1 aliphatic carbocycles. The van der Waals surface area contributed by atoms with Crippen LogP contribution in [0.25, 0.3) is 11.1 Å². The highest BCUT2D eigenvalue weighted by atomic mass is 19.2. The Morgan fingerprint density at radius 3 is 1.39 bits per heavy atom. The molecule has 10 rings (SSSR count). The summed E-state index contributed by atoms with van der Waals surface area (Å²) in [4.78, 5) is 122. The van der Waals surface area contributed by atoms with Gasteiger partial charge in [0.1, 0.15) is 49.9 Å². The largest absolute Gasteiger partial charge is 0.463 e. The second-order valence-corrected chi connectivity index (χ2v) is 22.5. The summed E-state index contributed by atoms with van der Waals surface area (Å²) >= 11 is 0. The summed E-state index contributed by atoms with van der Waals surface area (Å²) in [5.74, 6) is -23.8. The zero-order valence-electron chi connectivity index (χ0n) is 52.7. The minimum Gasteiger partial charge on any atom is -0.463 e. The van der Waals surface area contributed by atoms with Gasteiger partial charge in [-0.05, 0) is 76.3 Å². The fourth-order valence-electron chi connectivity index (χ4n) is 11.2. The molecule has 3 aliphatic rings. The number of amides is 1. The van der Waals surface area contributed by atoms with E-state index in [1.165, 1.54) is 97.1 Å². The summed E-state index contributed by atoms with van der Waals surface area (Å²) in [6.07, 6.45) is -20.9. The van der Waals surface area contributed by atoms with Crippen molar-refractivity contribution in [2.45, 2.75) is 107 Å². The maximum atomic E-state index is 15.1. The summed E-state index contributed by atoms with van der Waals surface area (Å²) in [6, 6.07) is 39.9. The second-order valence-electron chi connectivity index (χ2n) is 22.5. The van der Waals surface area contributed by atoms with Crippen LogP contribution in [0.5, 0.6) is 11.5 Å². The van der Waals surface area contributed by atoms with Crippen molar-refractivity contribution in [2.24, 2.45) is 0 Å². The molecule has 0 radical (unpaired) electrons. The zero-order chi connectivity index (χ0) is 70.6. The smallest absolute Gasteiger partial charge is 0.407 e. The lowest BCUT2D eigenvalue weighted by atomic mass is 9.95. The zero-order valence-corrected chi connectivity index (χ0v) is 52.7. The van der Waals surface area contributed by atoms with Gasteiger partial charge in [0.25, 0.3) is 0 Å².